The molecule has 0 aliphatic carbocycles. The predicted octanol–water partition coefficient (Wildman–Crippen LogP) is 2.04. The molecule has 5 nitrogen and oxygen atoms in total. The van der Waals surface area contributed by atoms with Crippen molar-refractivity contribution < 1.29 is 4.39 Å². The van der Waals surface area contributed by atoms with Gasteiger partial charge in [-0.25, -0.2) is 19.3 Å². The Balaban J connectivity index is 1.67. The summed E-state index contributed by atoms with van der Waals surface area (Å²) in [5.74, 6) is 1.82. The molecule has 0 bridgehead atoms. The minimum atomic E-state index is -0.392. The molecule has 1 fully saturated rings. The average molecular weight is 275 g/mol. The van der Waals surface area contributed by atoms with Gasteiger partial charge in [0.1, 0.15) is 5.82 Å². The number of rotatable bonds is 3. The summed E-state index contributed by atoms with van der Waals surface area (Å²) < 4.78 is 15.1. The molecule has 1 saturated heterocycles. The summed E-state index contributed by atoms with van der Waals surface area (Å²) in [6.45, 7) is 4.82. The van der Waals surface area contributed by atoms with E-state index in [2.05, 4.69) is 24.4 Å². The van der Waals surface area contributed by atoms with Crippen LogP contribution in [-0.4, -0.2) is 32.6 Å². The number of hydrogen-bond acceptors (Lipinski definition) is 4. The second-order valence-electron chi connectivity index (χ2n) is 5.28. The van der Waals surface area contributed by atoms with Crippen LogP contribution in [0.1, 0.15) is 18.7 Å². The van der Waals surface area contributed by atoms with Crippen molar-refractivity contribution in [1.29, 1.82) is 0 Å². The lowest BCUT2D eigenvalue weighted by Gasteiger charge is -2.33. The molecule has 3 heterocycles. The molecule has 1 aliphatic rings. The van der Waals surface area contributed by atoms with Gasteiger partial charge in [0, 0.05) is 32.0 Å². The Kier molecular flexibility index (Phi) is 3.62. The maximum Gasteiger partial charge on any atom is 0.225 e. The molecule has 106 valence electrons. The van der Waals surface area contributed by atoms with Crippen LogP contribution >= 0.6 is 0 Å². The number of piperidine rings is 1. The topological polar surface area (TPSA) is 46.8 Å². The zero-order chi connectivity index (χ0) is 13.9. The number of anilines is 1. The predicted molar refractivity (Wildman–Crippen MR) is 73.9 cm³/mol. The third kappa shape index (κ3) is 2.79. The van der Waals surface area contributed by atoms with Gasteiger partial charge in [0.05, 0.1) is 12.4 Å². The van der Waals surface area contributed by atoms with Crippen LogP contribution in [0.4, 0.5) is 10.3 Å². The summed E-state index contributed by atoms with van der Waals surface area (Å²) in [6.07, 6.45) is 8.61. The van der Waals surface area contributed by atoms with E-state index in [1.54, 1.807) is 0 Å². The van der Waals surface area contributed by atoms with Crippen LogP contribution in [0.25, 0.3) is 0 Å². The second-order valence-corrected chi connectivity index (χ2v) is 5.28. The molecule has 6 heteroatoms. The van der Waals surface area contributed by atoms with Crippen molar-refractivity contribution in [3.63, 3.8) is 0 Å². The SMILES string of the molecule is Cc1nccn1C[C@H]1CCCN(c2ncc(F)cn2)C1. The highest BCUT2D eigenvalue weighted by Crippen LogP contribution is 2.21. The Morgan fingerprint density at radius 3 is 2.80 bits per heavy atom. The van der Waals surface area contributed by atoms with Gasteiger partial charge < -0.3 is 9.47 Å². The normalized spacial score (nSPS) is 19.3. The van der Waals surface area contributed by atoms with Crippen LogP contribution in [0.2, 0.25) is 0 Å². The molecule has 20 heavy (non-hydrogen) atoms. The van der Waals surface area contributed by atoms with Crippen molar-refractivity contribution in [2.24, 2.45) is 5.92 Å². The number of hydrogen-bond donors (Lipinski definition) is 0. The van der Waals surface area contributed by atoms with Crippen LogP contribution in [0.15, 0.2) is 24.8 Å². The average Bonchev–Trinajstić information content (AvgIpc) is 2.85. The molecule has 2 aromatic heterocycles. The van der Waals surface area contributed by atoms with E-state index in [0.29, 0.717) is 11.9 Å². The second kappa shape index (κ2) is 5.56. The molecule has 3 rings (SSSR count). The van der Waals surface area contributed by atoms with E-state index in [1.165, 1.54) is 18.8 Å². The molecule has 0 aromatic carbocycles. The maximum atomic E-state index is 12.9. The van der Waals surface area contributed by atoms with E-state index >= 15 is 0 Å². The number of halogens is 1. The Morgan fingerprint density at radius 2 is 2.10 bits per heavy atom. The monoisotopic (exact) mass is 275 g/mol. The first-order chi connectivity index (χ1) is 9.72. The lowest BCUT2D eigenvalue weighted by atomic mass is 9.98. The third-order valence-electron chi connectivity index (χ3n) is 3.79. The van der Waals surface area contributed by atoms with E-state index < -0.39 is 5.82 Å². The fourth-order valence-electron chi connectivity index (χ4n) is 2.74. The molecular formula is C14H18FN5. The summed E-state index contributed by atoms with van der Waals surface area (Å²) in [6, 6.07) is 0. The molecule has 0 saturated carbocycles. The highest BCUT2D eigenvalue weighted by atomic mass is 19.1. The van der Waals surface area contributed by atoms with Crippen LogP contribution in [0.3, 0.4) is 0 Å². The Morgan fingerprint density at radius 1 is 1.30 bits per heavy atom. The number of imidazole rings is 1. The van der Waals surface area contributed by atoms with Gasteiger partial charge in [-0.15, -0.1) is 0 Å². The van der Waals surface area contributed by atoms with Crippen molar-refractivity contribution in [1.82, 2.24) is 19.5 Å². The van der Waals surface area contributed by atoms with E-state index in [-0.39, 0.29) is 0 Å². The summed E-state index contributed by atoms with van der Waals surface area (Å²) in [5.41, 5.74) is 0. The Bertz CT molecular complexity index is 565. The smallest absolute Gasteiger partial charge is 0.225 e. The maximum absolute atomic E-state index is 12.9. The number of aryl methyl sites for hydroxylation is 1. The van der Waals surface area contributed by atoms with Crippen LogP contribution in [-0.2, 0) is 6.54 Å². The Hall–Kier alpha value is -1.98. The van der Waals surface area contributed by atoms with Gasteiger partial charge in [-0.1, -0.05) is 0 Å². The Labute approximate surface area is 117 Å². The molecule has 2 aromatic rings. The number of aromatic nitrogens is 4. The third-order valence-corrected chi connectivity index (χ3v) is 3.79. The standard InChI is InChI=1S/C14H18FN5/c1-11-16-4-6-19(11)9-12-3-2-5-20(10-12)14-17-7-13(15)8-18-14/h4,6-8,12H,2-3,5,9-10H2,1H3/t12-/m1/s1. The van der Waals surface area contributed by atoms with Crippen molar-refractivity contribution in [2.45, 2.75) is 26.3 Å². The first-order valence-electron chi connectivity index (χ1n) is 6.92. The van der Waals surface area contributed by atoms with Crippen molar-refractivity contribution >= 4 is 5.95 Å². The zero-order valence-electron chi connectivity index (χ0n) is 11.5. The summed E-state index contributed by atoms with van der Waals surface area (Å²) in [5, 5.41) is 0. The van der Waals surface area contributed by atoms with Gasteiger partial charge in [0.2, 0.25) is 5.95 Å². The van der Waals surface area contributed by atoms with Crippen LogP contribution in [0.5, 0.6) is 0 Å². The highest BCUT2D eigenvalue weighted by Gasteiger charge is 2.22. The van der Waals surface area contributed by atoms with Gasteiger partial charge in [-0.2, -0.15) is 0 Å². The van der Waals surface area contributed by atoms with Crippen LogP contribution < -0.4 is 4.90 Å². The van der Waals surface area contributed by atoms with E-state index in [1.807, 2.05) is 19.3 Å². The van der Waals surface area contributed by atoms with Crippen molar-refractivity contribution in [2.75, 3.05) is 18.0 Å². The lowest BCUT2D eigenvalue weighted by molar-refractivity contribution is 0.361. The highest BCUT2D eigenvalue weighted by molar-refractivity contribution is 5.29. The minimum Gasteiger partial charge on any atom is -0.340 e. The number of nitrogens with zero attached hydrogens (tertiary/aromatic N) is 5. The molecule has 0 radical (unpaired) electrons. The van der Waals surface area contributed by atoms with Crippen molar-refractivity contribution in [3.8, 4) is 0 Å². The summed E-state index contributed by atoms with van der Waals surface area (Å²) >= 11 is 0. The fraction of sp³-hybridized carbons (Fsp3) is 0.500. The molecule has 0 unspecified atom stereocenters. The molecule has 1 atom stereocenters. The molecule has 0 N–H and O–H groups in total. The molecule has 0 spiro atoms. The molecule has 1 aliphatic heterocycles. The van der Waals surface area contributed by atoms with Gasteiger partial charge in [0.25, 0.3) is 0 Å². The summed E-state index contributed by atoms with van der Waals surface area (Å²) in [7, 11) is 0. The van der Waals surface area contributed by atoms with Crippen LogP contribution in [0, 0.1) is 18.7 Å². The first-order valence-corrected chi connectivity index (χ1v) is 6.92. The van der Waals surface area contributed by atoms with E-state index in [4.69, 9.17) is 0 Å². The quantitative estimate of drug-likeness (QED) is 0.860. The molecule has 0 amide bonds. The van der Waals surface area contributed by atoms with Gasteiger partial charge >= 0.3 is 0 Å². The largest absolute Gasteiger partial charge is 0.340 e. The first kappa shape index (κ1) is 13.0. The molecular weight excluding hydrogens is 257 g/mol. The minimum absolute atomic E-state index is 0.392. The lowest BCUT2D eigenvalue weighted by Crippen LogP contribution is -2.38. The van der Waals surface area contributed by atoms with Gasteiger partial charge in [-0.05, 0) is 25.7 Å². The van der Waals surface area contributed by atoms with E-state index in [0.717, 1.165) is 31.9 Å². The fourth-order valence-corrected chi connectivity index (χ4v) is 2.74. The zero-order valence-corrected chi connectivity index (χ0v) is 11.5. The van der Waals surface area contributed by atoms with E-state index in [9.17, 15) is 4.39 Å². The van der Waals surface area contributed by atoms with Crippen molar-refractivity contribution in [3.05, 3.63) is 36.4 Å². The van der Waals surface area contributed by atoms with Gasteiger partial charge in [-0.3, -0.25) is 0 Å². The van der Waals surface area contributed by atoms with Gasteiger partial charge in [0.15, 0.2) is 5.82 Å². The summed E-state index contributed by atoms with van der Waals surface area (Å²) in [4.78, 5) is 14.5.